The van der Waals surface area contributed by atoms with Crippen molar-refractivity contribution in [1.29, 1.82) is 0 Å². The molecule has 4 rings (SSSR count). The van der Waals surface area contributed by atoms with Crippen molar-refractivity contribution in [3.05, 3.63) is 6.20 Å². The number of nitrogens with zero attached hydrogens (tertiary/aromatic N) is 4. The Balaban J connectivity index is 1.44. The Morgan fingerprint density at radius 3 is 2.77 bits per heavy atom. The smallest absolute Gasteiger partial charge is 0.415 e. The Kier molecular flexibility index (Phi) is 5.94. The van der Waals surface area contributed by atoms with Gasteiger partial charge in [-0.15, -0.1) is 0 Å². The highest BCUT2D eigenvalue weighted by Crippen LogP contribution is 2.32. The Labute approximate surface area is 176 Å². The summed E-state index contributed by atoms with van der Waals surface area (Å²) in [7, 11) is -1.23. The summed E-state index contributed by atoms with van der Waals surface area (Å²) < 4.78 is 22.0. The molecule has 2 atom stereocenters. The van der Waals surface area contributed by atoms with Gasteiger partial charge < -0.3 is 18.9 Å². The van der Waals surface area contributed by atoms with Gasteiger partial charge >= 0.3 is 6.09 Å². The normalized spacial score (nSPS) is 23.7. The number of ether oxygens (including phenoxy) is 4. The molecule has 1 aromatic heterocycles. The van der Waals surface area contributed by atoms with Crippen LogP contribution < -0.4 is 14.5 Å². The molecule has 4 heterocycles. The van der Waals surface area contributed by atoms with Gasteiger partial charge in [-0.05, 0) is 12.5 Å². The molecule has 2 fully saturated rings. The first-order chi connectivity index (χ1) is 14.3. The van der Waals surface area contributed by atoms with Gasteiger partial charge in [0.05, 0.1) is 18.8 Å². The van der Waals surface area contributed by atoms with Crippen molar-refractivity contribution in [2.75, 3.05) is 42.9 Å². The van der Waals surface area contributed by atoms with E-state index in [1.165, 1.54) is 16.0 Å². The van der Waals surface area contributed by atoms with Gasteiger partial charge in [-0.3, -0.25) is 14.6 Å². The van der Waals surface area contributed by atoms with Gasteiger partial charge in [0.2, 0.25) is 5.82 Å². The molecule has 0 N–H and O–H groups in total. The zero-order valence-corrected chi connectivity index (χ0v) is 18.6. The van der Waals surface area contributed by atoms with Gasteiger partial charge in [0.25, 0.3) is 11.8 Å². The van der Waals surface area contributed by atoms with E-state index in [0.717, 1.165) is 19.1 Å². The number of amides is 2. The molecule has 3 aliphatic rings. The van der Waals surface area contributed by atoms with E-state index in [9.17, 15) is 9.59 Å². The highest BCUT2D eigenvalue weighted by atomic mass is 28.3. The van der Waals surface area contributed by atoms with Crippen LogP contribution in [-0.4, -0.2) is 75.3 Å². The summed E-state index contributed by atoms with van der Waals surface area (Å²) >= 11 is 0. The molecule has 1 aromatic rings. The molecule has 2 unspecified atom stereocenters. The Bertz CT molecular complexity index is 813. The molecule has 11 heteroatoms. The number of carbonyl (C=O) groups excluding carboxylic acids is 2. The number of cyclic esters (lactones) is 1. The van der Waals surface area contributed by atoms with Crippen LogP contribution in [0.1, 0.15) is 12.8 Å². The van der Waals surface area contributed by atoms with Crippen LogP contribution in [0.25, 0.3) is 0 Å². The topological polar surface area (TPSA) is 103 Å². The van der Waals surface area contributed by atoms with Crippen LogP contribution in [0.3, 0.4) is 0 Å². The van der Waals surface area contributed by atoms with Gasteiger partial charge in [-0.2, -0.15) is 0 Å². The van der Waals surface area contributed by atoms with Crippen LogP contribution in [0, 0.1) is 0 Å². The first kappa shape index (κ1) is 21.0. The lowest BCUT2D eigenvalue weighted by molar-refractivity contribution is -0.122. The summed E-state index contributed by atoms with van der Waals surface area (Å²) in [6, 6.07) is 0.996. The first-order valence-electron chi connectivity index (χ1n) is 10.3. The minimum absolute atomic E-state index is 0.0733. The minimum atomic E-state index is -1.23. The summed E-state index contributed by atoms with van der Waals surface area (Å²) in [6.45, 7) is 8.46. The molecule has 0 aromatic carbocycles. The molecule has 0 spiro atoms. The van der Waals surface area contributed by atoms with Crippen molar-refractivity contribution in [3.8, 4) is 5.88 Å². The predicted molar refractivity (Wildman–Crippen MR) is 111 cm³/mol. The maximum Gasteiger partial charge on any atom is 0.415 e. The van der Waals surface area contributed by atoms with Crippen molar-refractivity contribution >= 4 is 31.7 Å². The van der Waals surface area contributed by atoms with E-state index in [-0.39, 0.29) is 43.2 Å². The Morgan fingerprint density at radius 1 is 1.27 bits per heavy atom. The molecule has 2 amide bonds. The van der Waals surface area contributed by atoms with Crippen LogP contribution in [0.2, 0.25) is 25.7 Å². The average molecular weight is 437 g/mol. The number of hydrogen-bond donors (Lipinski definition) is 0. The van der Waals surface area contributed by atoms with Crippen LogP contribution in [0.4, 0.5) is 16.4 Å². The van der Waals surface area contributed by atoms with Crippen LogP contribution in [0.15, 0.2) is 6.20 Å². The van der Waals surface area contributed by atoms with Crippen molar-refractivity contribution in [2.24, 2.45) is 0 Å². The molecule has 3 aliphatic heterocycles. The second-order valence-electron chi connectivity index (χ2n) is 8.95. The fourth-order valence-electron chi connectivity index (χ4n) is 3.36. The molecule has 0 radical (unpaired) electrons. The quantitative estimate of drug-likeness (QED) is 0.450. The van der Waals surface area contributed by atoms with E-state index < -0.39 is 14.2 Å². The number of fused-ring (bicyclic) bond motifs is 1. The maximum atomic E-state index is 12.4. The van der Waals surface area contributed by atoms with Crippen molar-refractivity contribution in [3.63, 3.8) is 0 Å². The van der Waals surface area contributed by atoms with E-state index in [1.54, 1.807) is 0 Å². The lowest BCUT2D eigenvalue weighted by atomic mass is 10.1. The number of carbonyl (C=O) groups is 2. The third-order valence-corrected chi connectivity index (χ3v) is 6.99. The fourth-order valence-corrected chi connectivity index (χ4v) is 4.11. The molecular weight excluding hydrogens is 408 g/mol. The van der Waals surface area contributed by atoms with E-state index >= 15 is 0 Å². The van der Waals surface area contributed by atoms with Gasteiger partial charge in [-0.1, -0.05) is 19.6 Å². The number of hydrogen-bond acceptors (Lipinski definition) is 8. The second kappa shape index (κ2) is 8.48. The zero-order valence-electron chi connectivity index (χ0n) is 17.6. The van der Waals surface area contributed by atoms with E-state index in [1.807, 2.05) is 0 Å². The first-order valence-corrected chi connectivity index (χ1v) is 14.0. The zero-order chi connectivity index (χ0) is 21.3. The Morgan fingerprint density at radius 2 is 2.07 bits per heavy atom. The SMILES string of the molecule is C[Si](C)(C)CCOCN1C(=O)COc2ncc(N3CC(CC4CCO4)OC3=O)nc21. The minimum Gasteiger partial charge on any atom is -0.465 e. The van der Waals surface area contributed by atoms with Gasteiger partial charge in [0.15, 0.2) is 12.4 Å². The molecule has 0 aliphatic carbocycles. The van der Waals surface area contributed by atoms with E-state index in [4.69, 9.17) is 18.9 Å². The molecule has 0 saturated carbocycles. The van der Waals surface area contributed by atoms with Crippen LogP contribution in [-0.2, 0) is 19.0 Å². The van der Waals surface area contributed by atoms with Crippen LogP contribution >= 0.6 is 0 Å². The largest absolute Gasteiger partial charge is 0.465 e. The Hall–Kier alpha value is -2.24. The van der Waals surface area contributed by atoms with E-state index in [0.29, 0.717) is 25.4 Å². The standard InChI is InChI=1S/C19H28N4O6Si/c1-30(2,3)7-6-26-12-23-16(24)11-28-18-17(23)21-15(9-20-18)22-10-14(29-19(22)25)8-13-4-5-27-13/h9,13-14H,4-8,10-12H2,1-3H3. The van der Waals surface area contributed by atoms with Crippen molar-refractivity contribution in [2.45, 2.75) is 50.7 Å². The number of rotatable bonds is 8. The van der Waals surface area contributed by atoms with Gasteiger partial charge in [0, 0.05) is 27.7 Å². The summed E-state index contributed by atoms with van der Waals surface area (Å²) in [5, 5.41) is 0. The lowest BCUT2D eigenvalue weighted by Gasteiger charge is -2.28. The molecule has 2 saturated heterocycles. The second-order valence-corrected chi connectivity index (χ2v) is 14.6. The summed E-state index contributed by atoms with van der Waals surface area (Å²) in [6.07, 6.45) is 2.53. The number of aromatic nitrogens is 2. The fraction of sp³-hybridized carbons (Fsp3) is 0.684. The summed E-state index contributed by atoms with van der Waals surface area (Å²) in [5.41, 5.74) is 0. The predicted octanol–water partition coefficient (Wildman–Crippen LogP) is 2.02. The molecule has 30 heavy (non-hydrogen) atoms. The highest BCUT2D eigenvalue weighted by Gasteiger charge is 2.37. The summed E-state index contributed by atoms with van der Waals surface area (Å²) in [4.78, 5) is 36.4. The molecule has 164 valence electrons. The average Bonchev–Trinajstić information content (AvgIpc) is 3.02. The third-order valence-electron chi connectivity index (χ3n) is 5.28. The monoisotopic (exact) mass is 436 g/mol. The van der Waals surface area contributed by atoms with Gasteiger partial charge in [-0.25, -0.2) is 14.8 Å². The molecular formula is C19H28N4O6Si. The maximum absolute atomic E-state index is 12.4. The molecule has 0 bridgehead atoms. The highest BCUT2D eigenvalue weighted by molar-refractivity contribution is 6.76. The molecule has 10 nitrogen and oxygen atoms in total. The van der Waals surface area contributed by atoms with Crippen LogP contribution in [0.5, 0.6) is 5.88 Å². The van der Waals surface area contributed by atoms with Crippen molar-refractivity contribution in [1.82, 2.24) is 9.97 Å². The van der Waals surface area contributed by atoms with Crippen molar-refractivity contribution < 1.29 is 28.5 Å². The number of anilines is 2. The summed E-state index contributed by atoms with van der Waals surface area (Å²) in [5.74, 6) is 0.571. The lowest BCUT2D eigenvalue weighted by Crippen LogP contribution is -2.42. The van der Waals surface area contributed by atoms with Gasteiger partial charge in [0.1, 0.15) is 12.8 Å². The van der Waals surface area contributed by atoms with E-state index in [2.05, 4.69) is 29.6 Å². The third kappa shape index (κ3) is 4.73.